The molecule has 0 bridgehead atoms. The van der Waals surface area contributed by atoms with E-state index in [1.165, 1.54) is 0 Å². The number of rotatable bonds is 6. The number of fused-ring (bicyclic) bond motifs is 2. The molecule has 3 N–H and O–H groups in total. The van der Waals surface area contributed by atoms with Gasteiger partial charge in [-0.15, -0.1) is 0 Å². The van der Waals surface area contributed by atoms with E-state index in [0.717, 1.165) is 55.0 Å². The highest BCUT2D eigenvalue weighted by atomic mass is 19.1. The molecule has 0 aliphatic carbocycles. The van der Waals surface area contributed by atoms with E-state index in [1.807, 2.05) is 19.2 Å². The first-order chi connectivity index (χ1) is 17.6. The van der Waals surface area contributed by atoms with Crippen LogP contribution in [0.15, 0.2) is 37.1 Å². The lowest BCUT2D eigenvalue weighted by Crippen LogP contribution is -2.44. The SMILES string of the molecule is CCNCc1cncc(-c2ncc3[nH]nc(-c4nc5c(N6CCN(C)CC6)cncc5[nH]4)c3c2F)c1. The molecule has 184 valence electrons. The maximum Gasteiger partial charge on any atom is 0.161 e. The molecule has 0 saturated carbocycles. The van der Waals surface area contributed by atoms with Crippen molar-refractivity contribution in [3.05, 3.63) is 48.4 Å². The highest BCUT2D eigenvalue weighted by molar-refractivity contribution is 5.97. The first-order valence-electron chi connectivity index (χ1n) is 12.1. The Morgan fingerprint density at radius 3 is 2.67 bits per heavy atom. The Labute approximate surface area is 207 Å². The summed E-state index contributed by atoms with van der Waals surface area (Å²) >= 11 is 0. The van der Waals surface area contributed by atoms with Crippen LogP contribution in [0.5, 0.6) is 0 Å². The molecular weight excluding hydrogens is 459 g/mol. The number of anilines is 1. The number of pyridine rings is 3. The minimum Gasteiger partial charge on any atom is -0.366 e. The predicted molar refractivity (Wildman–Crippen MR) is 137 cm³/mol. The monoisotopic (exact) mass is 486 g/mol. The maximum atomic E-state index is 15.9. The highest BCUT2D eigenvalue weighted by Crippen LogP contribution is 2.34. The number of imidazole rings is 1. The maximum absolute atomic E-state index is 15.9. The van der Waals surface area contributed by atoms with E-state index in [2.05, 4.69) is 52.3 Å². The minimum atomic E-state index is -0.462. The van der Waals surface area contributed by atoms with Crippen molar-refractivity contribution >= 4 is 27.6 Å². The minimum absolute atomic E-state index is 0.229. The molecule has 6 heterocycles. The van der Waals surface area contributed by atoms with E-state index < -0.39 is 5.82 Å². The van der Waals surface area contributed by atoms with Crippen molar-refractivity contribution in [3.8, 4) is 22.8 Å². The fraction of sp³-hybridized carbons (Fsp3) is 0.320. The molecule has 1 aliphatic heterocycles. The van der Waals surface area contributed by atoms with Gasteiger partial charge < -0.3 is 20.1 Å². The van der Waals surface area contributed by atoms with E-state index >= 15 is 4.39 Å². The lowest BCUT2D eigenvalue weighted by atomic mass is 10.1. The summed E-state index contributed by atoms with van der Waals surface area (Å²) in [5.74, 6) is 0.0197. The Kier molecular flexibility index (Phi) is 5.78. The third-order valence-electron chi connectivity index (χ3n) is 6.64. The number of halogens is 1. The van der Waals surface area contributed by atoms with E-state index in [9.17, 15) is 0 Å². The molecule has 10 nitrogen and oxygen atoms in total. The third-order valence-corrected chi connectivity index (χ3v) is 6.64. The smallest absolute Gasteiger partial charge is 0.161 e. The van der Waals surface area contributed by atoms with Gasteiger partial charge >= 0.3 is 0 Å². The van der Waals surface area contributed by atoms with Crippen LogP contribution < -0.4 is 10.2 Å². The average Bonchev–Trinajstić information content (AvgIpc) is 3.53. The van der Waals surface area contributed by atoms with Gasteiger partial charge in [0.1, 0.15) is 16.9 Å². The molecule has 0 amide bonds. The molecule has 1 saturated heterocycles. The molecular formula is C25H27FN10. The van der Waals surface area contributed by atoms with Crippen LogP contribution in [0, 0.1) is 5.82 Å². The van der Waals surface area contributed by atoms with E-state index in [-0.39, 0.29) is 5.69 Å². The van der Waals surface area contributed by atoms with Crippen molar-refractivity contribution < 1.29 is 4.39 Å². The highest BCUT2D eigenvalue weighted by Gasteiger charge is 2.23. The second-order valence-corrected chi connectivity index (χ2v) is 9.07. The summed E-state index contributed by atoms with van der Waals surface area (Å²) in [5.41, 5.74) is 5.27. The molecule has 11 heteroatoms. The molecule has 0 spiro atoms. The second kappa shape index (κ2) is 9.25. The van der Waals surface area contributed by atoms with Gasteiger partial charge in [0.05, 0.1) is 40.7 Å². The zero-order chi connectivity index (χ0) is 24.6. The lowest BCUT2D eigenvalue weighted by Gasteiger charge is -2.33. The number of hydrogen-bond donors (Lipinski definition) is 3. The largest absolute Gasteiger partial charge is 0.366 e. The number of aromatic nitrogens is 7. The van der Waals surface area contributed by atoms with E-state index in [0.29, 0.717) is 34.5 Å². The molecule has 1 fully saturated rings. The predicted octanol–water partition coefficient (Wildman–Crippen LogP) is 2.96. The van der Waals surface area contributed by atoms with Crippen molar-refractivity contribution in [3.63, 3.8) is 0 Å². The summed E-state index contributed by atoms with van der Waals surface area (Å²) in [5, 5.41) is 10.9. The average molecular weight is 487 g/mol. The Morgan fingerprint density at radius 1 is 1.00 bits per heavy atom. The third kappa shape index (κ3) is 3.95. The Morgan fingerprint density at radius 2 is 1.83 bits per heavy atom. The van der Waals surface area contributed by atoms with Gasteiger partial charge in [-0.05, 0) is 25.2 Å². The van der Waals surface area contributed by atoms with Crippen molar-refractivity contribution in [1.82, 2.24) is 45.3 Å². The Balaban J connectivity index is 1.42. The first-order valence-corrected chi connectivity index (χ1v) is 12.1. The van der Waals surface area contributed by atoms with Gasteiger partial charge in [-0.1, -0.05) is 6.92 Å². The van der Waals surface area contributed by atoms with Crippen molar-refractivity contribution in [1.29, 1.82) is 0 Å². The zero-order valence-electron chi connectivity index (χ0n) is 20.2. The van der Waals surface area contributed by atoms with E-state index in [1.54, 1.807) is 24.8 Å². The van der Waals surface area contributed by atoms with Gasteiger partial charge in [-0.25, -0.2) is 9.37 Å². The molecule has 6 rings (SSSR count). The van der Waals surface area contributed by atoms with Crippen LogP contribution in [0.25, 0.3) is 44.7 Å². The number of aromatic amines is 2. The first kappa shape index (κ1) is 22.5. The molecule has 0 unspecified atom stereocenters. The van der Waals surface area contributed by atoms with Crippen LogP contribution >= 0.6 is 0 Å². The summed E-state index contributed by atoms with van der Waals surface area (Å²) in [6.45, 7) is 7.28. The molecule has 0 radical (unpaired) electrons. The fourth-order valence-electron chi connectivity index (χ4n) is 4.64. The van der Waals surface area contributed by atoms with Gasteiger partial charge in [0.15, 0.2) is 11.6 Å². The molecule has 36 heavy (non-hydrogen) atoms. The van der Waals surface area contributed by atoms with Gasteiger partial charge in [0, 0.05) is 50.7 Å². The normalized spacial score (nSPS) is 14.8. The van der Waals surface area contributed by atoms with E-state index in [4.69, 9.17) is 4.98 Å². The van der Waals surface area contributed by atoms with Crippen molar-refractivity contribution in [2.75, 3.05) is 44.7 Å². The molecule has 5 aromatic heterocycles. The standard InChI is InChI=1S/C25H27FN10/c1-3-27-9-15-8-16(11-28-10-15)22-21(26)20-17(13-30-22)33-34-24(20)25-31-18-12-29-14-19(23(18)32-25)36-6-4-35(2)5-7-36/h8,10-14,27H,3-7,9H2,1-2H3,(H,31,32)(H,33,34). The van der Waals surface area contributed by atoms with Gasteiger partial charge in [-0.3, -0.25) is 20.1 Å². The lowest BCUT2D eigenvalue weighted by molar-refractivity contribution is 0.313. The summed E-state index contributed by atoms with van der Waals surface area (Å²) in [6, 6.07) is 1.90. The molecule has 0 aromatic carbocycles. The number of H-pyrrole nitrogens is 2. The van der Waals surface area contributed by atoms with Crippen LogP contribution in [-0.2, 0) is 6.54 Å². The van der Waals surface area contributed by atoms with Gasteiger partial charge in [0.2, 0.25) is 0 Å². The number of likely N-dealkylation sites (N-methyl/N-ethyl adjacent to an activating group) is 1. The second-order valence-electron chi connectivity index (χ2n) is 9.07. The van der Waals surface area contributed by atoms with Crippen LogP contribution in [0.3, 0.4) is 0 Å². The van der Waals surface area contributed by atoms with Crippen LogP contribution in [0.2, 0.25) is 0 Å². The van der Waals surface area contributed by atoms with Crippen LogP contribution in [0.4, 0.5) is 10.1 Å². The Bertz CT molecular complexity index is 1530. The summed E-state index contributed by atoms with van der Waals surface area (Å²) < 4.78 is 15.9. The van der Waals surface area contributed by atoms with Crippen molar-refractivity contribution in [2.45, 2.75) is 13.5 Å². The number of nitrogens with zero attached hydrogens (tertiary/aromatic N) is 7. The van der Waals surface area contributed by atoms with Crippen LogP contribution in [-0.4, -0.2) is 79.8 Å². The fourth-order valence-corrected chi connectivity index (χ4v) is 4.64. The number of nitrogens with one attached hydrogen (secondary N) is 3. The van der Waals surface area contributed by atoms with Crippen molar-refractivity contribution in [2.24, 2.45) is 0 Å². The van der Waals surface area contributed by atoms with Gasteiger partial charge in [0.25, 0.3) is 0 Å². The molecule has 5 aromatic rings. The zero-order valence-corrected chi connectivity index (χ0v) is 20.2. The Hall–Kier alpha value is -3.96. The number of hydrogen-bond acceptors (Lipinski definition) is 8. The topological polar surface area (TPSA) is 115 Å². The van der Waals surface area contributed by atoms with Gasteiger partial charge in [-0.2, -0.15) is 5.10 Å². The quantitative estimate of drug-likeness (QED) is 0.336. The number of piperazine rings is 1. The molecule has 1 aliphatic rings. The summed E-state index contributed by atoms with van der Waals surface area (Å²) in [7, 11) is 2.12. The molecule has 0 atom stereocenters. The summed E-state index contributed by atoms with van der Waals surface area (Å²) in [6.07, 6.45) is 8.58. The van der Waals surface area contributed by atoms with Crippen LogP contribution in [0.1, 0.15) is 12.5 Å². The summed E-state index contributed by atoms with van der Waals surface area (Å²) in [4.78, 5) is 25.8.